The number of benzene rings is 1. The summed E-state index contributed by atoms with van der Waals surface area (Å²) in [6.45, 7) is 0. The number of hydrazone groups is 1. The van der Waals surface area contributed by atoms with Gasteiger partial charge in [-0.1, -0.05) is 11.6 Å². The van der Waals surface area contributed by atoms with E-state index in [0.29, 0.717) is 0 Å². The number of anilines is 1. The van der Waals surface area contributed by atoms with Crippen LogP contribution < -0.4 is 15.7 Å². The number of nitro benzene ring substituents is 1. The summed E-state index contributed by atoms with van der Waals surface area (Å²) < 4.78 is 4.86. The quantitative estimate of drug-likeness (QED) is 0.425. The first-order valence-electron chi connectivity index (χ1n) is 6.01. The lowest BCUT2D eigenvalue weighted by Gasteiger charge is -2.05. The van der Waals surface area contributed by atoms with Gasteiger partial charge in [-0.25, -0.2) is 5.10 Å². The maximum Gasteiger partial charge on any atom is 0.315 e. The van der Waals surface area contributed by atoms with Gasteiger partial charge in [-0.3, -0.25) is 20.3 Å². The Hall–Kier alpha value is -3.14. The van der Waals surface area contributed by atoms with Crippen molar-refractivity contribution in [3.8, 4) is 11.5 Å². The molecule has 2 aromatic rings. The lowest BCUT2D eigenvalue weighted by Crippen LogP contribution is -2.10. The zero-order valence-corrected chi connectivity index (χ0v) is 12.4. The predicted octanol–water partition coefficient (Wildman–Crippen LogP) is 1.49. The van der Waals surface area contributed by atoms with Gasteiger partial charge in [-0.05, 0) is 6.07 Å². The maximum absolute atomic E-state index is 11.3. The molecule has 1 aromatic heterocycles. The zero-order valence-electron chi connectivity index (χ0n) is 11.6. The molecule has 0 aliphatic carbocycles. The van der Waals surface area contributed by atoms with E-state index in [1.54, 1.807) is 0 Å². The highest BCUT2D eigenvalue weighted by molar-refractivity contribution is 6.32. The minimum Gasteiger partial charge on any atom is -0.500 e. The summed E-state index contributed by atoms with van der Waals surface area (Å²) in [4.78, 5) is 21.4. The molecule has 0 atom stereocenters. The van der Waals surface area contributed by atoms with Gasteiger partial charge in [0.25, 0.3) is 5.56 Å². The molecule has 10 nitrogen and oxygen atoms in total. The smallest absolute Gasteiger partial charge is 0.315 e. The number of nitrogens with one attached hydrogen (secondary N) is 2. The summed E-state index contributed by atoms with van der Waals surface area (Å²) in [6.07, 6.45) is 2.48. The van der Waals surface area contributed by atoms with Crippen LogP contribution in [0, 0.1) is 10.1 Å². The second-order valence-corrected chi connectivity index (χ2v) is 4.52. The molecule has 0 unspecified atom stereocenters. The number of hydrogen-bond acceptors (Lipinski definition) is 8. The van der Waals surface area contributed by atoms with Gasteiger partial charge in [-0.2, -0.15) is 10.2 Å². The Labute approximate surface area is 133 Å². The Kier molecular flexibility index (Phi) is 4.76. The average molecular weight is 340 g/mol. The number of nitro groups is 1. The van der Waals surface area contributed by atoms with Crippen molar-refractivity contribution >= 4 is 29.2 Å². The Morgan fingerprint density at radius 2 is 2.30 bits per heavy atom. The Morgan fingerprint density at radius 1 is 1.57 bits per heavy atom. The third kappa shape index (κ3) is 3.55. The first-order valence-corrected chi connectivity index (χ1v) is 6.39. The first-order chi connectivity index (χ1) is 10.9. The highest BCUT2D eigenvalue weighted by Gasteiger charge is 2.19. The molecule has 0 saturated heterocycles. The van der Waals surface area contributed by atoms with Crippen LogP contribution in [0.25, 0.3) is 0 Å². The topological polar surface area (TPSA) is 143 Å². The monoisotopic (exact) mass is 339 g/mol. The molecular formula is C12H10ClN5O5. The largest absolute Gasteiger partial charge is 0.500 e. The molecule has 2 rings (SSSR count). The molecule has 0 saturated carbocycles. The van der Waals surface area contributed by atoms with Crippen LogP contribution in [-0.4, -0.2) is 33.6 Å². The van der Waals surface area contributed by atoms with Gasteiger partial charge in [0.15, 0.2) is 5.75 Å². The lowest BCUT2D eigenvalue weighted by atomic mass is 10.2. The molecule has 3 N–H and O–H groups in total. The van der Waals surface area contributed by atoms with Crippen LogP contribution in [0.15, 0.2) is 28.2 Å². The van der Waals surface area contributed by atoms with Crippen molar-refractivity contribution < 1.29 is 14.8 Å². The molecule has 11 heteroatoms. The Balaban J connectivity index is 2.29. The van der Waals surface area contributed by atoms with Crippen molar-refractivity contribution in [3.63, 3.8) is 0 Å². The van der Waals surface area contributed by atoms with E-state index in [0.717, 1.165) is 6.07 Å². The van der Waals surface area contributed by atoms with E-state index in [2.05, 4.69) is 20.7 Å². The summed E-state index contributed by atoms with van der Waals surface area (Å²) in [5.74, 6) is -0.652. The number of methoxy groups -OCH3 is 1. The number of aromatic amines is 1. The fourth-order valence-electron chi connectivity index (χ4n) is 1.62. The van der Waals surface area contributed by atoms with Crippen LogP contribution in [0.1, 0.15) is 5.56 Å². The van der Waals surface area contributed by atoms with Crippen molar-refractivity contribution in [1.82, 2.24) is 10.2 Å². The minimum absolute atomic E-state index is 0.0727. The predicted molar refractivity (Wildman–Crippen MR) is 82.4 cm³/mol. The Morgan fingerprint density at radius 3 is 2.96 bits per heavy atom. The summed E-state index contributed by atoms with van der Waals surface area (Å²) in [7, 11) is 1.26. The van der Waals surface area contributed by atoms with Gasteiger partial charge in [0.2, 0.25) is 5.75 Å². The number of aromatic hydroxyl groups is 1. The van der Waals surface area contributed by atoms with Crippen LogP contribution in [0.3, 0.4) is 0 Å². The van der Waals surface area contributed by atoms with Crippen molar-refractivity contribution in [1.29, 1.82) is 0 Å². The number of hydrogen-bond donors (Lipinski definition) is 3. The van der Waals surface area contributed by atoms with Gasteiger partial charge in [0.1, 0.15) is 10.7 Å². The van der Waals surface area contributed by atoms with Crippen molar-refractivity contribution in [2.45, 2.75) is 0 Å². The van der Waals surface area contributed by atoms with Gasteiger partial charge < -0.3 is 9.84 Å². The van der Waals surface area contributed by atoms with Crippen LogP contribution in [0.2, 0.25) is 5.02 Å². The number of nitrogens with zero attached hydrogens (tertiary/aromatic N) is 3. The highest BCUT2D eigenvalue weighted by Crippen LogP contribution is 2.36. The van der Waals surface area contributed by atoms with Gasteiger partial charge in [0.05, 0.1) is 24.4 Å². The Bertz CT molecular complexity index is 835. The van der Waals surface area contributed by atoms with E-state index in [1.807, 2.05) is 0 Å². The summed E-state index contributed by atoms with van der Waals surface area (Å²) in [5.41, 5.74) is 1.81. The highest BCUT2D eigenvalue weighted by atomic mass is 35.5. The molecular weight excluding hydrogens is 330 g/mol. The summed E-state index contributed by atoms with van der Waals surface area (Å²) in [5, 5.41) is 29.9. The summed E-state index contributed by atoms with van der Waals surface area (Å²) in [6, 6.07) is 2.46. The molecule has 0 spiro atoms. The first kappa shape index (κ1) is 16.2. The van der Waals surface area contributed by atoms with Gasteiger partial charge in [-0.15, -0.1) is 0 Å². The number of ether oxygens (including phenoxy) is 1. The standard InChI is InChI=1S/C12H10ClN5O5/c1-23-9-3-6(2-8(11(9)19)18(21)22)4-14-16-7-5-15-17-12(20)10(7)13/h2-5,19H,1H3,(H2,16,17,20)/b14-4-. The number of rotatable bonds is 5. The summed E-state index contributed by atoms with van der Waals surface area (Å²) >= 11 is 5.75. The molecule has 120 valence electrons. The van der Waals surface area contributed by atoms with E-state index in [-0.39, 0.29) is 22.0 Å². The van der Waals surface area contributed by atoms with E-state index in [1.165, 1.54) is 25.6 Å². The zero-order chi connectivity index (χ0) is 17.0. The van der Waals surface area contributed by atoms with Crippen LogP contribution in [-0.2, 0) is 0 Å². The minimum atomic E-state index is -0.750. The number of H-pyrrole nitrogens is 1. The second kappa shape index (κ2) is 6.75. The third-order valence-corrected chi connectivity index (χ3v) is 3.06. The SMILES string of the molecule is COc1cc(/C=N\Nc2cn[nH]c(=O)c2Cl)cc([N+](=O)[O-])c1O. The second-order valence-electron chi connectivity index (χ2n) is 4.14. The number of aromatic nitrogens is 2. The molecule has 1 aromatic carbocycles. The molecule has 0 amide bonds. The number of phenols is 1. The van der Waals surface area contributed by atoms with Crippen LogP contribution in [0.4, 0.5) is 11.4 Å². The van der Waals surface area contributed by atoms with E-state index in [4.69, 9.17) is 16.3 Å². The molecule has 0 fully saturated rings. The molecule has 1 heterocycles. The fourth-order valence-corrected chi connectivity index (χ4v) is 1.75. The van der Waals surface area contributed by atoms with Crippen LogP contribution in [0.5, 0.6) is 11.5 Å². The van der Waals surface area contributed by atoms with Gasteiger partial charge in [0, 0.05) is 11.6 Å². The van der Waals surface area contributed by atoms with Gasteiger partial charge >= 0.3 is 5.69 Å². The average Bonchev–Trinajstić information content (AvgIpc) is 2.52. The van der Waals surface area contributed by atoms with E-state index >= 15 is 0 Å². The molecule has 0 radical (unpaired) electrons. The number of halogens is 1. The van der Waals surface area contributed by atoms with Crippen LogP contribution >= 0.6 is 11.6 Å². The normalized spacial score (nSPS) is 10.7. The van der Waals surface area contributed by atoms with Crippen molar-refractivity contribution in [2.75, 3.05) is 12.5 Å². The molecule has 0 aliphatic rings. The molecule has 0 bridgehead atoms. The maximum atomic E-state index is 11.3. The van der Waals surface area contributed by atoms with Crippen molar-refractivity contribution in [3.05, 3.63) is 49.4 Å². The van der Waals surface area contributed by atoms with E-state index in [9.17, 15) is 20.0 Å². The lowest BCUT2D eigenvalue weighted by molar-refractivity contribution is -0.386. The third-order valence-electron chi connectivity index (χ3n) is 2.69. The van der Waals surface area contributed by atoms with E-state index < -0.39 is 21.9 Å². The number of phenolic OH excluding ortho intramolecular Hbond substituents is 1. The molecule has 23 heavy (non-hydrogen) atoms. The fraction of sp³-hybridized carbons (Fsp3) is 0.0833. The molecule has 0 aliphatic heterocycles. The van der Waals surface area contributed by atoms with Crippen molar-refractivity contribution in [2.24, 2.45) is 5.10 Å².